The fraction of sp³-hybridized carbons (Fsp3) is 0.286. The van der Waals surface area contributed by atoms with Crippen molar-refractivity contribution in [2.45, 2.75) is 31.6 Å². The molecule has 2 heterocycles. The van der Waals surface area contributed by atoms with E-state index in [1.165, 1.54) is 11.8 Å². The first-order chi connectivity index (χ1) is 14.2. The van der Waals surface area contributed by atoms with E-state index >= 15 is 0 Å². The number of hydrogen-bond acceptors (Lipinski definition) is 6. The quantitative estimate of drug-likeness (QED) is 0.599. The zero-order valence-electron chi connectivity index (χ0n) is 16.3. The van der Waals surface area contributed by atoms with Crippen LogP contribution in [0.2, 0.25) is 0 Å². The van der Waals surface area contributed by atoms with Crippen LogP contribution < -0.4 is 14.8 Å². The molecule has 1 aliphatic rings. The summed E-state index contributed by atoms with van der Waals surface area (Å²) in [5, 5.41) is 12.4. The smallest absolute Gasteiger partial charge is 0.231 e. The predicted octanol–water partition coefficient (Wildman–Crippen LogP) is 3.66. The second-order valence-corrected chi connectivity index (χ2v) is 7.55. The van der Waals surface area contributed by atoms with Gasteiger partial charge in [0.2, 0.25) is 12.7 Å². The highest BCUT2D eigenvalue weighted by atomic mass is 32.2. The number of thioether (sulfide) groups is 1. The Balaban J connectivity index is 1.42. The third-order valence-corrected chi connectivity index (χ3v) is 5.64. The Labute approximate surface area is 173 Å². The van der Waals surface area contributed by atoms with Crippen LogP contribution >= 0.6 is 11.8 Å². The molecule has 0 spiro atoms. The summed E-state index contributed by atoms with van der Waals surface area (Å²) >= 11 is 1.38. The fourth-order valence-electron chi connectivity index (χ4n) is 3.17. The molecule has 1 aromatic heterocycles. The minimum absolute atomic E-state index is 0.0402. The van der Waals surface area contributed by atoms with Gasteiger partial charge in [0.1, 0.15) is 0 Å². The van der Waals surface area contributed by atoms with Crippen molar-refractivity contribution in [3.8, 4) is 22.9 Å². The summed E-state index contributed by atoms with van der Waals surface area (Å²) in [7, 11) is 0. The van der Waals surface area contributed by atoms with E-state index in [1.54, 1.807) is 0 Å². The first-order valence-electron chi connectivity index (χ1n) is 9.46. The molecule has 29 heavy (non-hydrogen) atoms. The van der Waals surface area contributed by atoms with Crippen molar-refractivity contribution < 1.29 is 14.3 Å². The van der Waals surface area contributed by atoms with Gasteiger partial charge in [-0.05, 0) is 37.6 Å². The predicted molar refractivity (Wildman–Crippen MR) is 111 cm³/mol. The minimum Gasteiger partial charge on any atom is -0.454 e. The van der Waals surface area contributed by atoms with E-state index in [-0.39, 0.29) is 24.5 Å². The van der Waals surface area contributed by atoms with Crippen LogP contribution in [-0.2, 0) is 11.3 Å². The van der Waals surface area contributed by atoms with Crippen molar-refractivity contribution in [2.24, 2.45) is 0 Å². The molecule has 1 unspecified atom stereocenters. The number of nitrogens with zero attached hydrogens (tertiary/aromatic N) is 3. The normalized spacial score (nSPS) is 13.3. The topological polar surface area (TPSA) is 78.3 Å². The van der Waals surface area contributed by atoms with Gasteiger partial charge in [-0.1, -0.05) is 42.1 Å². The standard InChI is InChI=1S/C21H22N4O3S/c1-3-25-20(16-9-10-17-18(11-16)28-13-27-17)23-24-21(25)29-12-19(26)22-14(2)15-7-5-4-6-8-15/h4-11,14H,3,12-13H2,1-2H3,(H,22,26). The molecular weight excluding hydrogens is 388 g/mol. The van der Waals surface area contributed by atoms with Crippen molar-refractivity contribution in [1.82, 2.24) is 20.1 Å². The minimum atomic E-state index is -0.0439. The van der Waals surface area contributed by atoms with Crippen LogP contribution in [0.1, 0.15) is 25.5 Å². The van der Waals surface area contributed by atoms with Crippen molar-refractivity contribution in [3.63, 3.8) is 0 Å². The lowest BCUT2D eigenvalue weighted by Crippen LogP contribution is -2.28. The van der Waals surface area contributed by atoms with Gasteiger partial charge < -0.3 is 19.4 Å². The average molecular weight is 410 g/mol. The van der Waals surface area contributed by atoms with Crippen LogP contribution in [0, 0.1) is 0 Å². The lowest BCUT2D eigenvalue weighted by molar-refractivity contribution is -0.119. The molecular formula is C21H22N4O3S. The Hall–Kier alpha value is -3.00. The van der Waals surface area contributed by atoms with E-state index in [0.29, 0.717) is 17.5 Å². The van der Waals surface area contributed by atoms with E-state index in [1.807, 2.05) is 66.9 Å². The number of carbonyl (C=O) groups excluding carboxylic acids is 1. The molecule has 1 amide bonds. The third kappa shape index (κ3) is 4.22. The Morgan fingerprint density at radius 1 is 1.17 bits per heavy atom. The molecule has 0 fully saturated rings. The highest BCUT2D eigenvalue weighted by Crippen LogP contribution is 2.36. The Kier molecular flexibility index (Phi) is 5.71. The number of ether oxygens (including phenoxy) is 2. The van der Waals surface area contributed by atoms with Gasteiger partial charge in [-0.3, -0.25) is 4.79 Å². The van der Waals surface area contributed by atoms with Gasteiger partial charge in [-0.15, -0.1) is 10.2 Å². The second-order valence-electron chi connectivity index (χ2n) is 6.61. The van der Waals surface area contributed by atoms with Gasteiger partial charge in [0.15, 0.2) is 22.5 Å². The van der Waals surface area contributed by atoms with Crippen LogP contribution in [0.25, 0.3) is 11.4 Å². The number of amides is 1. The van der Waals surface area contributed by atoms with Gasteiger partial charge in [-0.25, -0.2) is 0 Å². The number of rotatable bonds is 7. The number of nitrogens with one attached hydrogen (secondary N) is 1. The van der Waals surface area contributed by atoms with Gasteiger partial charge in [0.05, 0.1) is 11.8 Å². The molecule has 4 rings (SSSR count). The van der Waals surface area contributed by atoms with E-state index in [2.05, 4.69) is 15.5 Å². The number of aromatic nitrogens is 3. The number of hydrogen-bond donors (Lipinski definition) is 1. The van der Waals surface area contributed by atoms with Gasteiger partial charge in [-0.2, -0.15) is 0 Å². The Bertz CT molecular complexity index is 1010. The lowest BCUT2D eigenvalue weighted by Gasteiger charge is -2.14. The SMILES string of the molecule is CCn1c(SCC(=O)NC(C)c2ccccc2)nnc1-c1ccc2c(c1)OCO2. The van der Waals surface area contributed by atoms with E-state index in [4.69, 9.17) is 9.47 Å². The van der Waals surface area contributed by atoms with Gasteiger partial charge >= 0.3 is 0 Å². The Morgan fingerprint density at radius 2 is 1.97 bits per heavy atom. The van der Waals surface area contributed by atoms with Crippen molar-refractivity contribution in [2.75, 3.05) is 12.5 Å². The van der Waals surface area contributed by atoms with Gasteiger partial charge in [0.25, 0.3) is 0 Å². The summed E-state index contributed by atoms with van der Waals surface area (Å²) < 4.78 is 12.8. The number of carbonyl (C=O) groups is 1. The summed E-state index contributed by atoms with van der Waals surface area (Å²) in [6.45, 7) is 4.93. The Morgan fingerprint density at radius 3 is 2.76 bits per heavy atom. The molecule has 3 aromatic rings. The monoisotopic (exact) mass is 410 g/mol. The summed E-state index contributed by atoms with van der Waals surface area (Å²) in [5.74, 6) is 2.41. The molecule has 1 N–H and O–H groups in total. The van der Waals surface area contributed by atoms with Crippen molar-refractivity contribution >= 4 is 17.7 Å². The van der Waals surface area contributed by atoms with E-state index < -0.39 is 0 Å². The molecule has 2 aromatic carbocycles. The van der Waals surface area contributed by atoms with Crippen LogP contribution in [0.4, 0.5) is 0 Å². The number of fused-ring (bicyclic) bond motifs is 1. The maximum absolute atomic E-state index is 12.4. The molecule has 0 aliphatic carbocycles. The molecule has 7 nitrogen and oxygen atoms in total. The van der Waals surface area contributed by atoms with Crippen molar-refractivity contribution in [3.05, 3.63) is 54.1 Å². The zero-order valence-corrected chi connectivity index (χ0v) is 17.1. The first kappa shape index (κ1) is 19.3. The largest absolute Gasteiger partial charge is 0.454 e. The van der Waals surface area contributed by atoms with Crippen LogP contribution in [0.5, 0.6) is 11.5 Å². The average Bonchev–Trinajstić information content (AvgIpc) is 3.38. The molecule has 0 saturated carbocycles. The highest BCUT2D eigenvalue weighted by Gasteiger charge is 2.19. The summed E-state index contributed by atoms with van der Waals surface area (Å²) in [6, 6.07) is 15.6. The summed E-state index contributed by atoms with van der Waals surface area (Å²) in [6.07, 6.45) is 0. The van der Waals surface area contributed by atoms with Crippen molar-refractivity contribution in [1.29, 1.82) is 0 Å². The fourth-order valence-corrected chi connectivity index (χ4v) is 3.98. The molecule has 0 bridgehead atoms. The molecule has 1 aliphatic heterocycles. The maximum atomic E-state index is 12.4. The second kappa shape index (κ2) is 8.57. The summed E-state index contributed by atoms with van der Waals surface area (Å²) in [4.78, 5) is 12.4. The zero-order chi connectivity index (χ0) is 20.2. The molecule has 150 valence electrons. The molecule has 1 atom stereocenters. The molecule has 0 radical (unpaired) electrons. The van der Waals surface area contributed by atoms with Crippen LogP contribution in [0.3, 0.4) is 0 Å². The van der Waals surface area contributed by atoms with Crippen LogP contribution in [-0.4, -0.2) is 33.2 Å². The van der Waals surface area contributed by atoms with E-state index in [9.17, 15) is 4.79 Å². The molecule has 8 heteroatoms. The number of benzene rings is 2. The molecule has 0 saturated heterocycles. The first-order valence-corrected chi connectivity index (χ1v) is 10.4. The maximum Gasteiger partial charge on any atom is 0.231 e. The van der Waals surface area contributed by atoms with Gasteiger partial charge in [0, 0.05) is 12.1 Å². The van der Waals surface area contributed by atoms with E-state index in [0.717, 1.165) is 22.7 Å². The third-order valence-electron chi connectivity index (χ3n) is 4.67. The summed E-state index contributed by atoms with van der Waals surface area (Å²) in [5.41, 5.74) is 1.98. The highest BCUT2D eigenvalue weighted by molar-refractivity contribution is 7.99. The van der Waals surface area contributed by atoms with Crippen LogP contribution in [0.15, 0.2) is 53.7 Å². The lowest BCUT2D eigenvalue weighted by atomic mass is 10.1.